The largest absolute Gasteiger partial charge is 0.350 e. The van der Waals surface area contributed by atoms with E-state index in [0.29, 0.717) is 19.6 Å². The number of nitrogens with zero attached hydrogens (tertiary/aromatic N) is 1. The molecule has 1 aromatic carbocycles. The molecule has 5 nitrogen and oxygen atoms in total. The van der Waals surface area contributed by atoms with Crippen molar-refractivity contribution in [3.8, 4) is 0 Å². The molecule has 1 saturated heterocycles. The number of benzene rings is 1. The van der Waals surface area contributed by atoms with E-state index >= 15 is 0 Å². The van der Waals surface area contributed by atoms with Crippen LogP contribution in [0.25, 0.3) is 0 Å². The summed E-state index contributed by atoms with van der Waals surface area (Å²) >= 11 is 0. The van der Waals surface area contributed by atoms with Crippen LogP contribution in [0.5, 0.6) is 0 Å². The lowest BCUT2D eigenvalue weighted by atomic mass is 10.1. The first-order chi connectivity index (χ1) is 10.0. The van der Waals surface area contributed by atoms with Crippen molar-refractivity contribution in [2.45, 2.75) is 51.9 Å². The predicted octanol–water partition coefficient (Wildman–Crippen LogP) is 2.44. The zero-order valence-corrected chi connectivity index (χ0v) is 12.7. The number of ether oxygens (including phenoxy) is 3. The highest BCUT2D eigenvalue weighted by molar-refractivity contribution is 5.94. The molecule has 1 amide bonds. The van der Waals surface area contributed by atoms with Crippen LogP contribution in [0.3, 0.4) is 0 Å². The van der Waals surface area contributed by atoms with E-state index < -0.39 is 12.0 Å². The minimum absolute atomic E-state index is 0.0282. The molecular formula is C16H21NO4. The SMILES string of the molecule is CCC(=O)N1c2ccccc2CO[C@@H]1[C@H]1COC(C)(C)O1. The van der Waals surface area contributed by atoms with E-state index in [-0.39, 0.29) is 12.0 Å². The van der Waals surface area contributed by atoms with Crippen LogP contribution in [-0.4, -0.2) is 30.6 Å². The molecule has 0 bridgehead atoms. The zero-order chi connectivity index (χ0) is 15.0. The van der Waals surface area contributed by atoms with Gasteiger partial charge in [0, 0.05) is 12.0 Å². The highest BCUT2D eigenvalue weighted by Crippen LogP contribution is 2.35. The van der Waals surface area contributed by atoms with Crippen LogP contribution in [-0.2, 0) is 25.6 Å². The van der Waals surface area contributed by atoms with Gasteiger partial charge in [0.25, 0.3) is 0 Å². The van der Waals surface area contributed by atoms with Gasteiger partial charge in [-0.25, -0.2) is 0 Å². The maximum Gasteiger partial charge on any atom is 0.228 e. The summed E-state index contributed by atoms with van der Waals surface area (Å²) in [5.74, 6) is -0.605. The summed E-state index contributed by atoms with van der Waals surface area (Å²) in [4.78, 5) is 14.1. The number of carbonyl (C=O) groups is 1. The summed E-state index contributed by atoms with van der Waals surface area (Å²) < 4.78 is 17.4. The number of hydrogen-bond acceptors (Lipinski definition) is 4. The average Bonchev–Trinajstić information content (AvgIpc) is 2.85. The van der Waals surface area contributed by atoms with E-state index in [1.807, 2.05) is 45.0 Å². The van der Waals surface area contributed by atoms with Gasteiger partial charge in [0.1, 0.15) is 6.10 Å². The quantitative estimate of drug-likeness (QED) is 0.839. The molecule has 0 saturated carbocycles. The Morgan fingerprint density at radius 2 is 2.14 bits per heavy atom. The van der Waals surface area contributed by atoms with Gasteiger partial charge >= 0.3 is 0 Å². The highest BCUT2D eigenvalue weighted by Gasteiger charge is 2.44. The second-order valence-electron chi connectivity index (χ2n) is 5.81. The Kier molecular flexibility index (Phi) is 3.73. The fourth-order valence-corrected chi connectivity index (χ4v) is 2.83. The van der Waals surface area contributed by atoms with Crippen LogP contribution in [0.1, 0.15) is 32.8 Å². The van der Waals surface area contributed by atoms with Crippen LogP contribution in [0.2, 0.25) is 0 Å². The highest BCUT2D eigenvalue weighted by atomic mass is 16.8. The van der Waals surface area contributed by atoms with Crippen LogP contribution in [0.15, 0.2) is 24.3 Å². The Morgan fingerprint density at radius 1 is 1.38 bits per heavy atom. The number of para-hydroxylation sites is 1. The van der Waals surface area contributed by atoms with Crippen LogP contribution in [0, 0.1) is 0 Å². The summed E-state index contributed by atoms with van der Waals surface area (Å²) in [6, 6.07) is 7.83. The second-order valence-corrected chi connectivity index (χ2v) is 5.81. The molecule has 2 atom stereocenters. The van der Waals surface area contributed by atoms with Crippen molar-refractivity contribution in [2.24, 2.45) is 0 Å². The average molecular weight is 291 g/mol. The Balaban J connectivity index is 1.92. The summed E-state index contributed by atoms with van der Waals surface area (Å²) in [5, 5.41) is 0. The van der Waals surface area contributed by atoms with Crippen molar-refractivity contribution in [1.82, 2.24) is 0 Å². The van der Waals surface area contributed by atoms with E-state index in [9.17, 15) is 4.79 Å². The van der Waals surface area contributed by atoms with Gasteiger partial charge in [-0.15, -0.1) is 0 Å². The second kappa shape index (κ2) is 5.40. The minimum atomic E-state index is -0.633. The molecule has 2 aliphatic heterocycles. The van der Waals surface area contributed by atoms with Crippen molar-refractivity contribution >= 4 is 11.6 Å². The van der Waals surface area contributed by atoms with Crippen LogP contribution in [0.4, 0.5) is 5.69 Å². The molecule has 1 aromatic rings. The number of rotatable bonds is 2. The van der Waals surface area contributed by atoms with Crippen molar-refractivity contribution in [3.63, 3.8) is 0 Å². The molecule has 0 unspecified atom stereocenters. The van der Waals surface area contributed by atoms with E-state index in [1.54, 1.807) is 4.90 Å². The molecule has 114 valence electrons. The molecule has 2 heterocycles. The van der Waals surface area contributed by atoms with Crippen LogP contribution >= 0.6 is 0 Å². The molecule has 21 heavy (non-hydrogen) atoms. The van der Waals surface area contributed by atoms with Gasteiger partial charge in [-0.1, -0.05) is 25.1 Å². The van der Waals surface area contributed by atoms with E-state index in [4.69, 9.17) is 14.2 Å². The zero-order valence-electron chi connectivity index (χ0n) is 12.7. The molecule has 0 radical (unpaired) electrons. The maximum absolute atomic E-state index is 12.4. The fourth-order valence-electron chi connectivity index (χ4n) is 2.83. The van der Waals surface area contributed by atoms with Crippen molar-refractivity contribution < 1.29 is 19.0 Å². The van der Waals surface area contributed by atoms with Gasteiger partial charge in [-0.05, 0) is 19.9 Å². The maximum atomic E-state index is 12.4. The predicted molar refractivity (Wildman–Crippen MR) is 77.7 cm³/mol. The minimum Gasteiger partial charge on any atom is -0.350 e. The topological polar surface area (TPSA) is 48.0 Å². The monoisotopic (exact) mass is 291 g/mol. The summed E-state index contributed by atoms with van der Waals surface area (Å²) in [5.41, 5.74) is 1.93. The molecule has 0 aromatic heterocycles. The van der Waals surface area contributed by atoms with Crippen molar-refractivity contribution in [3.05, 3.63) is 29.8 Å². The van der Waals surface area contributed by atoms with Gasteiger partial charge in [-0.2, -0.15) is 0 Å². The van der Waals surface area contributed by atoms with Gasteiger partial charge in [0.05, 0.1) is 18.9 Å². The first-order valence-electron chi connectivity index (χ1n) is 7.35. The lowest BCUT2D eigenvalue weighted by Crippen LogP contribution is -2.52. The molecular weight excluding hydrogens is 270 g/mol. The molecule has 5 heteroatoms. The molecule has 2 aliphatic rings. The Morgan fingerprint density at radius 3 is 2.81 bits per heavy atom. The molecule has 0 aliphatic carbocycles. The van der Waals surface area contributed by atoms with Crippen LogP contribution < -0.4 is 4.90 Å². The Bertz CT molecular complexity index is 543. The van der Waals surface area contributed by atoms with Gasteiger partial charge < -0.3 is 14.2 Å². The van der Waals surface area contributed by atoms with Gasteiger partial charge in [0.2, 0.25) is 5.91 Å². The molecule has 1 fully saturated rings. The summed E-state index contributed by atoms with van der Waals surface area (Å²) in [6.45, 7) is 6.50. The number of carbonyl (C=O) groups excluding carboxylic acids is 1. The Hall–Kier alpha value is -1.43. The van der Waals surface area contributed by atoms with Gasteiger partial charge in [-0.3, -0.25) is 9.69 Å². The Labute approximate surface area is 124 Å². The molecule has 0 spiro atoms. The number of amides is 1. The van der Waals surface area contributed by atoms with E-state index in [0.717, 1.165) is 11.3 Å². The third-order valence-electron chi connectivity index (χ3n) is 3.83. The first kappa shape index (κ1) is 14.5. The summed E-state index contributed by atoms with van der Waals surface area (Å²) in [6.07, 6.45) is -0.288. The number of anilines is 1. The fraction of sp³-hybridized carbons (Fsp3) is 0.562. The normalized spacial score (nSPS) is 27.5. The third kappa shape index (κ3) is 2.69. The van der Waals surface area contributed by atoms with Crippen molar-refractivity contribution in [1.29, 1.82) is 0 Å². The molecule has 3 rings (SSSR count). The lowest BCUT2D eigenvalue weighted by Gasteiger charge is -2.39. The number of fused-ring (bicyclic) bond motifs is 1. The standard InChI is InChI=1S/C16H21NO4/c1-4-14(18)17-12-8-6-5-7-11(12)9-19-15(17)13-10-20-16(2,3)21-13/h5-8,13,15H,4,9-10H2,1-3H3/t13-,15-/m1/s1. The molecule has 0 N–H and O–H groups in total. The van der Waals surface area contributed by atoms with E-state index in [2.05, 4.69) is 0 Å². The third-order valence-corrected chi connectivity index (χ3v) is 3.83. The smallest absolute Gasteiger partial charge is 0.228 e. The first-order valence-corrected chi connectivity index (χ1v) is 7.35. The summed E-state index contributed by atoms with van der Waals surface area (Å²) in [7, 11) is 0. The van der Waals surface area contributed by atoms with E-state index in [1.165, 1.54) is 0 Å². The lowest BCUT2D eigenvalue weighted by molar-refractivity contribution is -0.161. The van der Waals surface area contributed by atoms with Gasteiger partial charge in [0.15, 0.2) is 12.0 Å². The number of hydrogen-bond donors (Lipinski definition) is 0. The van der Waals surface area contributed by atoms with Crippen molar-refractivity contribution in [2.75, 3.05) is 11.5 Å².